The summed E-state index contributed by atoms with van der Waals surface area (Å²) >= 11 is 0. The van der Waals surface area contributed by atoms with Crippen molar-refractivity contribution >= 4 is 17.3 Å². The first-order valence-electron chi connectivity index (χ1n) is 6.51. The quantitative estimate of drug-likeness (QED) is 0.600. The van der Waals surface area contributed by atoms with Gasteiger partial charge in [-0.2, -0.15) is 0 Å². The van der Waals surface area contributed by atoms with Crippen molar-refractivity contribution in [3.8, 4) is 0 Å². The number of rotatable bonds is 6. The molecule has 0 radical (unpaired) electrons. The van der Waals surface area contributed by atoms with Crippen LogP contribution in [-0.4, -0.2) is 19.1 Å². The molecule has 1 aromatic carbocycles. The molecule has 0 aromatic heterocycles. The summed E-state index contributed by atoms with van der Waals surface area (Å²) in [7, 11) is 0. The van der Waals surface area contributed by atoms with E-state index in [9.17, 15) is 4.79 Å². The largest absolute Gasteiger partial charge is 0.462 e. The summed E-state index contributed by atoms with van der Waals surface area (Å²) in [5, 5.41) is 3.32. The van der Waals surface area contributed by atoms with Crippen molar-refractivity contribution in [2.75, 3.05) is 24.2 Å². The van der Waals surface area contributed by atoms with Gasteiger partial charge in [-0.1, -0.05) is 12.8 Å². The molecule has 0 bridgehead atoms. The zero-order chi connectivity index (χ0) is 13.0. The van der Waals surface area contributed by atoms with E-state index in [2.05, 4.69) is 5.32 Å². The Labute approximate surface area is 108 Å². The fourth-order valence-electron chi connectivity index (χ4n) is 1.88. The van der Waals surface area contributed by atoms with E-state index in [4.69, 9.17) is 10.5 Å². The van der Waals surface area contributed by atoms with E-state index in [-0.39, 0.29) is 5.97 Å². The van der Waals surface area contributed by atoms with Crippen molar-refractivity contribution in [3.63, 3.8) is 0 Å². The molecule has 0 saturated heterocycles. The highest BCUT2D eigenvalue weighted by atomic mass is 16.5. The molecule has 4 heteroatoms. The second-order valence-corrected chi connectivity index (χ2v) is 4.68. The van der Waals surface area contributed by atoms with Crippen LogP contribution in [0.3, 0.4) is 0 Å². The second-order valence-electron chi connectivity index (χ2n) is 4.68. The summed E-state index contributed by atoms with van der Waals surface area (Å²) in [6.07, 6.45) is 3.91. The van der Waals surface area contributed by atoms with E-state index in [1.807, 2.05) is 6.07 Å². The van der Waals surface area contributed by atoms with Gasteiger partial charge in [0.2, 0.25) is 0 Å². The number of carbonyl (C=O) groups excluding carboxylic acids is 1. The van der Waals surface area contributed by atoms with E-state index >= 15 is 0 Å². The van der Waals surface area contributed by atoms with Gasteiger partial charge in [0.1, 0.15) is 0 Å². The van der Waals surface area contributed by atoms with Crippen LogP contribution in [0, 0.1) is 5.92 Å². The molecule has 0 unspecified atom stereocenters. The molecule has 4 nitrogen and oxygen atoms in total. The lowest BCUT2D eigenvalue weighted by Crippen LogP contribution is -2.09. The number of esters is 1. The zero-order valence-electron chi connectivity index (χ0n) is 10.7. The topological polar surface area (TPSA) is 64.3 Å². The summed E-state index contributed by atoms with van der Waals surface area (Å²) < 4.78 is 4.97. The Bertz CT molecular complexity index is 428. The molecule has 0 heterocycles. The number of carbonyl (C=O) groups is 1. The lowest BCUT2D eigenvalue weighted by molar-refractivity contribution is 0.0527. The summed E-state index contributed by atoms with van der Waals surface area (Å²) in [5.74, 6) is 0.539. The molecule has 3 N–H and O–H groups in total. The SMILES string of the molecule is CCOC(=O)c1cc(NCCC2CC2)ccc1N. The number of nitrogens with one attached hydrogen (secondary N) is 1. The minimum atomic E-state index is -0.360. The van der Waals surface area contributed by atoms with E-state index in [0.717, 1.165) is 18.2 Å². The maximum Gasteiger partial charge on any atom is 0.340 e. The molecule has 2 rings (SSSR count). The third kappa shape index (κ3) is 3.39. The minimum Gasteiger partial charge on any atom is -0.462 e. The number of benzene rings is 1. The summed E-state index contributed by atoms with van der Waals surface area (Å²) in [5.41, 5.74) is 7.60. The Balaban J connectivity index is 1.97. The highest BCUT2D eigenvalue weighted by Gasteiger charge is 2.20. The Hall–Kier alpha value is -1.71. The van der Waals surface area contributed by atoms with Gasteiger partial charge in [0.15, 0.2) is 0 Å². The van der Waals surface area contributed by atoms with Gasteiger partial charge in [-0.15, -0.1) is 0 Å². The number of anilines is 2. The predicted octanol–water partition coefficient (Wildman–Crippen LogP) is 2.66. The second kappa shape index (κ2) is 5.76. The molecule has 0 amide bonds. The van der Waals surface area contributed by atoms with Crippen molar-refractivity contribution in [2.45, 2.75) is 26.2 Å². The smallest absolute Gasteiger partial charge is 0.340 e. The lowest BCUT2D eigenvalue weighted by atomic mass is 10.1. The zero-order valence-corrected chi connectivity index (χ0v) is 10.7. The third-order valence-electron chi connectivity index (χ3n) is 3.13. The fourth-order valence-corrected chi connectivity index (χ4v) is 1.88. The Morgan fingerprint density at radius 3 is 2.94 bits per heavy atom. The van der Waals surface area contributed by atoms with Crippen molar-refractivity contribution in [1.29, 1.82) is 0 Å². The van der Waals surface area contributed by atoms with Crippen LogP contribution in [0.5, 0.6) is 0 Å². The van der Waals surface area contributed by atoms with Crippen molar-refractivity contribution < 1.29 is 9.53 Å². The Morgan fingerprint density at radius 1 is 1.50 bits per heavy atom. The van der Waals surface area contributed by atoms with Gasteiger partial charge in [0, 0.05) is 17.9 Å². The first-order valence-corrected chi connectivity index (χ1v) is 6.51. The van der Waals surface area contributed by atoms with Gasteiger partial charge in [0.25, 0.3) is 0 Å². The summed E-state index contributed by atoms with van der Waals surface area (Å²) in [6, 6.07) is 5.40. The number of nitrogens with two attached hydrogens (primary N) is 1. The number of nitrogen functional groups attached to an aromatic ring is 1. The van der Waals surface area contributed by atoms with E-state index in [1.54, 1.807) is 19.1 Å². The van der Waals surface area contributed by atoms with Gasteiger partial charge < -0.3 is 15.8 Å². The van der Waals surface area contributed by atoms with Gasteiger partial charge >= 0.3 is 5.97 Å². The normalized spacial score (nSPS) is 14.3. The molecule has 1 saturated carbocycles. The fraction of sp³-hybridized carbons (Fsp3) is 0.500. The molecule has 18 heavy (non-hydrogen) atoms. The summed E-state index contributed by atoms with van der Waals surface area (Å²) in [4.78, 5) is 11.7. The molecule has 0 spiro atoms. The molecular weight excluding hydrogens is 228 g/mol. The molecule has 1 aliphatic carbocycles. The lowest BCUT2D eigenvalue weighted by Gasteiger charge is -2.10. The van der Waals surface area contributed by atoms with Crippen LogP contribution in [0.4, 0.5) is 11.4 Å². The molecule has 0 aliphatic heterocycles. The van der Waals surface area contributed by atoms with Gasteiger partial charge in [-0.3, -0.25) is 0 Å². The van der Waals surface area contributed by atoms with Gasteiger partial charge in [-0.05, 0) is 37.5 Å². The van der Waals surface area contributed by atoms with Crippen LogP contribution in [-0.2, 0) is 4.74 Å². The maximum absolute atomic E-state index is 11.7. The number of hydrogen-bond acceptors (Lipinski definition) is 4. The Kier molecular flexibility index (Phi) is 4.07. The monoisotopic (exact) mass is 248 g/mol. The van der Waals surface area contributed by atoms with Crippen LogP contribution in [0.1, 0.15) is 36.5 Å². The average Bonchev–Trinajstić information content (AvgIpc) is 3.15. The number of hydrogen-bond donors (Lipinski definition) is 2. The van der Waals surface area contributed by atoms with Gasteiger partial charge in [-0.25, -0.2) is 4.79 Å². The Morgan fingerprint density at radius 2 is 2.28 bits per heavy atom. The van der Waals surface area contributed by atoms with Gasteiger partial charge in [0.05, 0.1) is 12.2 Å². The van der Waals surface area contributed by atoms with Crippen molar-refractivity contribution in [1.82, 2.24) is 0 Å². The summed E-state index contributed by atoms with van der Waals surface area (Å²) in [6.45, 7) is 3.08. The molecule has 1 aromatic rings. The molecule has 98 valence electrons. The first-order chi connectivity index (χ1) is 8.70. The molecular formula is C14H20N2O2. The highest BCUT2D eigenvalue weighted by molar-refractivity contribution is 5.96. The predicted molar refractivity (Wildman–Crippen MR) is 72.6 cm³/mol. The van der Waals surface area contributed by atoms with Crippen molar-refractivity contribution in [3.05, 3.63) is 23.8 Å². The standard InChI is InChI=1S/C14H20N2O2/c1-2-18-14(17)12-9-11(5-6-13(12)15)16-8-7-10-3-4-10/h5-6,9-10,16H,2-4,7-8,15H2,1H3. The molecule has 1 fully saturated rings. The maximum atomic E-state index is 11.7. The number of ether oxygens (including phenoxy) is 1. The third-order valence-corrected chi connectivity index (χ3v) is 3.13. The molecule has 0 atom stereocenters. The van der Waals surface area contributed by atoms with E-state index in [1.165, 1.54) is 19.3 Å². The van der Waals surface area contributed by atoms with Crippen LogP contribution < -0.4 is 11.1 Å². The van der Waals surface area contributed by atoms with E-state index < -0.39 is 0 Å². The highest BCUT2D eigenvalue weighted by Crippen LogP contribution is 2.32. The van der Waals surface area contributed by atoms with Crippen LogP contribution in [0.2, 0.25) is 0 Å². The van der Waals surface area contributed by atoms with Crippen LogP contribution in [0.15, 0.2) is 18.2 Å². The first kappa shape index (κ1) is 12.7. The van der Waals surface area contributed by atoms with E-state index in [0.29, 0.717) is 17.9 Å². The van der Waals surface area contributed by atoms with Crippen LogP contribution >= 0.6 is 0 Å². The van der Waals surface area contributed by atoms with Crippen molar-refractivity contribution in [2.24, 2.45) is 5.92 Å². The van der Waals surface area contributed by atoms with Crippen LogP contribution in [0.25, 0.3) is 0 Å². The molecule has 1 aliphatic rings. The minimum absolute atomic E-state index is 0.359. The average molecular weight is 248 g/mol.